The van der Waals surface area contributed by atoms with Gasteiger partial charge >= 0.3 is 0 Å². The SMILES string of the molecule is O=C1NC(=O)C(=Cc2c[nH]c(-c3ccccc3)n2)S1. The first-order valence-electron chi connectivity index (χ1n) is 5.58. The summed E-state index contributed by atoms with van der Waals surface area (Å²) in [4.78, 5) is 30.2. The molecule has 6 heteroatoms. The van der Waals surface area contributed by atoms with Crippen molar-refractivity contribution in [2.45, 2.75) is 0 Å². The molecule has 3 rings (SSSR count). The summed E-state index contributed by atoms with van der Waals surface area (Å²) in [5, 5.41) is 1.85. The molecule has 1 fully saturated rings. The van der Waals surface area contributed by atoms with Crippen molar-refractivity contribution in [3.63, 3.8) is 0 Å². The minimum atomic E-state index is -0.376. The van der Waals surface area contributed by atoms with E-state index in [9.17, 15) is 9.59 Å². The molecule has 0 unspecified atom stereocenters. The van der Waals surface area contributed by atoms with Gasteiger partial charge in [0, 0.05) is 11.8 Å². The number of nitrogens with one attached hydrogen (secondary N) is 2. The van der Waals surface area contributed by atoms with Crippen LogP contribution in [0.3, 0.4) is 0 Å². The van der Waals surface area contributed by atoms with Crippen molar-refractivity contribution in [3.8, 4) is 11.4 Å². The largest absolute Gasteiger partial charge is 0.344 e. The molecule has 1 saturated heterocycles. The Morgan fingerprint density at radius 2 is 1.95 bits per heavy atom. The maximum absolute atomic E-state index is 11.4. The number of aromatic amines is 1. The Bertz CT molecular complexity index is 676. The van der Waals surface area contributed by atoms with E-state index in [0.717, 1.165) is 23.1 Å². The van der Waals surface area contributed by atoms with Gasteiger partial charge in [0.05, 0.1) is 10.6 Å². The van der Waals surface area contributed by atoms with Gasteiger partial charge in [-0.15, -0.1) is 0 Å². The van der Waals surface area contributed by atoms with E-state index in [1.54, 1.807) is 12.3 Å². The predicted octanol–water partition coefficient (Wildman–Crippen LogP) is 2.40. The van der Waals surface area contributed by atoms with Gasteiger partial charge in [0.1, 0.15) is 5.82 Å². The Morgan fingerprint density at radius 3 is 2.63 bits per heavy atom. The second kappa shape index (κ2) is 4.74. The molecule has 19 heavy (non-hydrogen) atoms. The van der Waals surface area contributed by atoms with Gasteiger partial charge in [0.2, 0.25) is 0 Å². The van der Waals surface area contributed by atoms with Crippen LogP contribution in [0.5, 0.6) is 0 Å². The number of thioether (sulfide) groups is 1. The van der Waals surface area contributed by atoms with Gasteiger partial charge in [-0.25, -0.2) is 4.98 Å². The average Bonchev–Trinajstić information content (AvgIpc) is 2.99. The lowest BCUT2D eigenvalue weighted by Crippen LogP contribution is -2.17. The number of carbonyl (C=O) groups excluding carboxylic acids is 2. The molecule has 1 aromatic heterocycles. The summed E-state index contributed by atoms with van der Waals surface area (Å²) in [6, 6.07) is 9.66. The van der Waals surface area contributed by atoms with Crippen LogP contribution in [-0.2, 0) is 4.79 Å². The van der Waals surface area contributed by atoms with Crippen LogP contribution in [0.4, 0.5) is 4.79 Å². The fraction of sp³-hybridized carbons (Fsp3) is 0. The van der Waals surface area contributed by atoms with Gasteiger partial charge in [0.25, 0.3) is 11.1 Å². The minimum Gasteiger partial charge on any atom is -0.344 e. The molecule has 0 radical (unpaired) electrons. The maximum Gasteiger partial charge on any atom is 0.290 e. The van der Waals surface area contributed by atoms with E-state index in [1.807, 2.05) is 30.3 Å². The summed E-state index contributed by atoms with van der Waals surface area (Å²) in [5.41, 5.74) is 1.58. The fourth-order valence-corrected chi connectivity index (χ4v) is 2.38. The van der Waals surface area contributed by atoms with Gasteiger partial charge in [-0.2, -0.15) is 0 Å². The van der Waals surface area contributed by atoms with Crippen molar-refractivity contribution in [2.24, 2.45) is 0 Å². The highest BCUT2D eigenvalue weighted by atomic mass is 32.2. The van der Waals surface area contributed by atoms with Gasteiger partial charge in [0.15, 0.2) is 0 Å². The number of benzene rings is 1. The molecule has 0 bridgehead atoms. The molecule has 2 amide bonds. The number of imide groups is 1. The number of H-pyrrole nitrogens is 1. The number of imidazole rings is 1. The van der Waals surface area contributed by atoms with Crippen LogP contribution in [0, 0.1) is 0 Å². The van der Waals surface area contributed by atoms with Gasteiger partial charge < -0.3 is 4.98 Å². The number of rotatable bonds is 2. The number of hydrogen-bond acceptors (Lipinski definition) is 4. The highest BCUT2D eigenvalue weighted by Gasteiger charge is 2.25. The van der Waals surface area contributed by atoms with Crippen LogP contribution in [0.1, 0.15) is 5.69 Å². The Morgan fingerprint density at radius 1 is 1.16 bits per heavy atom. The van der Waals surface area contributed by atoms with E-state index in [4.69, 9.17) is 0 Å². The van der Waals surface area contributed by atoms with Crippen LogP contribution in [-0.4, -0.2) is 21.1 Å². The molecule has 2 aromatic rings. The molecular formula is C13H9N3O2S. The summed E-state index contributed by atoms with van der Waals surface area (Å²) in [5.74, 6) is 0.349. The Kier molecular flexibility index (Phi) is 2.92. The lowest BCUT2D eigenvalue weighted by molar-refractivity contribution is -0.115. The average molecular weight is 271 g/mol. The third-order valence-corrected chi connectivity index (χ3v) is 3.38. The molecule has 94 valence electrons. The number of amides is 2. The first kappa shape index (κ1) is 11.7. The Balaban J connectivity index is 1.89. The Hall–Kier alpha value is -2.34. The van der Waals surface area contributed by atoms with E-state index in [-0.39, 0.29) is 11.1 Å². The molecule has 0 saturated carbocycles. The highest BCUT2D eigenvalue weighted by Crippen LogP contribution is 2.25. The van der Waals surface area contributed by atoms with Gasteiger partial charge in [-0.3, -0.25) is 14.9 Å². The summed E-state index contributed by atoms with van der Waals surface area (Å²) < 4.78 is 0. The Labute approximate surface area is 113 Å². The summed E-state index contributed by atoms with van der Waals surface area (Å²) in [6.07, 6.45) is 3.29. The lowest BCUT2D eigenvalue weighted by atomic mass is 10.2. The normalized spacial score (nSPS) is 16.9. The molecule has 0 aliphatic carbocycles. The minimum absolute atomic E-state index is 0.352. The number of nitrogens with zero attached hydrogens (tertiary/aromatic N) is 1. The second-order valence-electron chi connectivity index (χ2n) is 3.89. The number of aromatic nitrogens is 2. The second-order valence-corrected chi connectivity index (χ2v) is 4.91. The van der Waals surface area contributed by atoms with Crippen LogP contribution in [0.15, 0.2) is 41.4 Å². The van der Waals surface area contributed by atoms with Crippen molar-refractivity contribution >= 4 is 29.0 Å². The smallest absolute Gasteiger partial charge is 0.290 e. The standard InChI is InChI=1S/C13H9N3O2S/c17-12-10(19-13(18)16-12)6-9-7-14-11(15-9)8-4-2-1-3-5-8/h1-7H,(H,14,15)(H,16,17,18). The first-order valence-corrected chi connectivity index (χ1v) is 6.40. The molecule has 1 aromatic carbocycles. The third-order valence-electron chi connectivity index (χ3n) is 2.57. The summed E-state index contributed by atoms with van der Waals surface area (Å²) in [7, 11) is 0. The van der Waals surface area contributed by atoms with E-state index < -0.39 is 0 Å². The number of hydrogen-bond donors (Lipinski definition) is 2. The molecule has 2 heterocycles. The van der Waals surface area contributed by atoms with E-state index in [0.29, 0.717) is 10.6 Å². The van der Waals surface area contributed by atoms with Crippen LogP contribution < -0.4 is 5.32 Å². The van der Waals surface area contributed by atoms with Crippen LogP contribution in [0.2, 0.25) is 0 Å². The molecule has 5 nitrogen and oxygen atoms in total. The van der Waals surface area contributed by atoms with Gasteiger partial charge in [-0.05, 0) is 17.8 Å². The quantitative estimate of drug-likeness (QED) is 0.822. The van der Waals surface area contributed by atoms with Crippen molar-refractivity contribution < 1.29 is 9.59 Å². The summed E-state index contributed by atoms with van der Waals surface area (Å²) in [6.45, 7) is 0. The van der Waals surface area contributed by atoms with E-state index in [1.165, 1.54) is 0 Å². The first-order chi connectivity index (χ1) is 9.22. The monoisotopic (exact) mass is 271 g/mol. The van der Waals surface area contributed by atoms with Crippen LogP contribution in [0.25, 0.3) is 17.5 Å². The van der Waals surface area contributed by atoms with E-state index >= 15 is 0 Å². The topological polar surface area (TPSA) is 74.8 Å². The maximum atomic E-state index is 11.4. The number of carbonyl (C=O) groups is 2. The van der Waals surface area contributed by atoms with Crippen molar-refractivity contribution in [1.29, 1.82) is 0 Å². The van der Waals surface area contributed by atoms with Crippen molar-refractivity contribution in [1.82, 2.24) is 15.3 Å². The summed E-state index contributed by atoms with van der Waals surface area (Å²) >= 11 is 0.881. The highest BCUT2D eigenvalue weighted by molar-refractivity contribution is 8.18. The molecule has 2 N–H and O–H groups in total. The van der Waals surface area contributed by atoms with Crippen molar-refractivity contribution in [3.05, 3.63) is 47.1 Å². The molecule has 1 aliphatic heterocycles. The fourth-order valence-electron chi connectivity index (χ4n) is 1.71. The molecular weight excluding hydrogens is 262 g/mol. The van der Waals surface area contributed by atoms with E-state index in [2.05, 4.69) is 15.3 Å². The van der Waals surface area contributed by atoms with Crippen molar-refractivity contribution in [2.75, 3.05) is 0 Å². The zero-order chi connectivity index (χ0) is 13.2. The predicted molar refractivity (Wildman–Crippen MR) is 73.1 cm³/mol. The molecule has 1 aliphatic rings. The molecule has 0 atom stereocenters. The molecule has 0 spiro atoms. The van der Waals surface area contributed by atoms with Crippen LogP contribution >= 0.6 is 11.8 Å². The lowest BCUT2D eigenvalue weighted by Gasteiger charge is -1.93. The van der Waals surface area contributed by atoms with Gasteiger partial charge in [-0.1, -0.05) is 30.3 Å². The third kappa shape index (κ3) is 2.43. The zero-order valence-electron chi connectivity index (χ0n) is 9.71. The zero-order valence-corrected chi connectivity index (χ0v) is 10.5.